The first-order valence-corrected chi connectivity index (χ1v) is 5.07. The number of aryl methyl sites for hydroxylation is 2. The third kappa shape index (κ3) is 3.58. The molecule has 0 aliphatic rings. The number of rotatable bonds is 4. The minimum atomic E-state index is 0.0400. The van der Waals surface area contributed by atoms with Crippen molar-refractivity contribution in [1.29, 1.82) is 0 Å². The van der Waals surface area contributed by atoms with Crippen LogP contribution in [-0.2, 0) is 11.2 Å². The maximum Gasteiger partial charge on any atom is 0.224 e. The van der Waals surface area contributed by atoms with Gasteiger partial charge >= 0.3 is 0 Å². The summed E-state index contributed by atoms with van der Waals surface area (Å²) in [6.45, 7) is 8.20. The van der Waals surface area contributed by atoms with Crippen LogP contribution < -0.4 is 5.32 Å². The Morgan fingerprint density at radius 3 is 2.73 bits per heavy atom. The summed E-state index contributed by atoms with van der Waals surface area (Å²) in [5.74, 6) is 0.0400. The molecule has 0 unspecified atom stereocenters. The number of nitrogens with one attached hydrogen (secondary N) is 1. The lowest BCUT2D eigenvalue weighted by Crippen LogP contribution is -2.24. The molecule has 0 aromatic heterocycles. The van der Waals surface area contributed by atoms with Crippen LogP contribution in [0.1, 0.15) is 16.7 Å². The highest BCUT2D eigenvalue weighted by Crippen LogP contribution is 2.10. The van der Waals surface area contributed by atoms with Crippen molar-refractivity contribution >= 4 is 5.91 Å². The Balaban J connectivity index is 2.60. The standard InChI is InChI=1S/C13H17NO/c1-4-7-14-13(15)9-12-6-5-10(2)11(3)8-12/h4-6,8H,1,7,9H2,2-3H3,(H,14,15). The van der Waals surface area contributed by atoms with Crippen molar-refractivity contribution in [3.05, 3.63) is 47.5 Å². The lowest BCUT2D eigenvalue weighted by atomic mass is 10.0. The third-order valence-corrected chi connectivity index (χ3v) is 2.38. The van der Waals surface area contributed by atoms with Gasteiger partial charge in [-0.05, 0) is 30.5 Å². The van der Waals surface area contributed by atoms with E-state index in [0.717, 1.165) is 5.56 Å². The fraction of sp³-hybridized carbons (Fsp3) is 0.308. The highest BCUT2D eigenvalue weighted by Gasteiger charge is 2.02. The van der Waals surface area contributed by atoms with Gasteiger partial charge in [-0.3, -0.25) is 4.79 Å². The highest BCUT2D eigenvalue weighted by atomic mass is 16.1. The molecule has 1 aromatic rings. The van der Waals surface area contributed by atoms with Gasteiger partial charge in [0.25, 0.3) is 0 Å². The van der Waals surface area contributed by atoms with Gasteiger partial charge in [-0.25, -0.2) is 0 Å². The zero-order valence-electron chi connectivity index (χ0n) is 9.34. The Labute approximate surface area is 91.0 Å². The van der Waals surface area contributed by atoms with Crippen molar-refractivity contribution < 1.29 is 4.79 Å². The van der Waals surface area contributed by atoms with E-state index in [0.29, 0.717) is 13.0 Å². The number of carbonyl (C=O) groups is 1. The molecule has 0 saturated carbocycles. The van der Waals surface area contributed by atoms with Crippen LogP contribution >= 0.6 is 0 Å². The van der Waals surface area contributed by atoms with Crippen LogP contribution in [0.5, 0.6) is 0 Å². The van der Waals surface area contributed by atoms with E-state index in [4.69, 9.17) is 0 Å². The predicted octanol–water partition coefficient (Wildman–Crippen LogP) is 2.15. The van der Waals surface area contributed by atoms with E-state index in [2.05, 4.69) is 31.8 Å². The molecule has 0 bridgehead atoms. The van der Waals surface area contributed by atoms with Crippen LogP contribution in [0.4, 0.5) is 0 Å². The molecule has 1 N–H and O–H groups in total. The summed E-state index contributed by atoms with van der Waals surface area (Å²) in [5, 5.41) is 2.76. The Bertz CT molecular complexity index is 369. The number of hydrogen-bond donors (Lipinski definition) is 1. The smallest absolute Gasteiger partial charge is 0.224 e. The summed E-state index contributed by atoms with van der Waals surface area (Å²) >= 11 is 0. The molecule has 2 nitrogen and oxygen atoms in total. The molecule has 15 heavy (non-hydrogen) atoms. The molecule has 0 radical (unpaired) electrons. The van der Waals surface area contributed by atoms with Gasteiger partial charge in [-0.1, -0.05) is 24.3 Å². The number of benzene rings is 1. The first-order valence-electron chi connectivity index (χ1n) is 5.07. The lowest BCUT2D eigenvalue weighted by molar-refractivity contribution is -0.120. The van der Waals surface area contributed by atoms with Gasteiger partial charge in [0.1, 0.15) is 0 Å². The van der Waals surface area contributed by atoms with Gasteiger partial charge in [0.15, 0.2) is 0 Å². The summed E-state index contributed by atoms with van der Waals surface area (Å²) in [4.78, 5) is 11.4. The molecule has 0 aliphatic heterocycles. The Hall–Kier alpha value is -1.57. The Kier molecular flexibility index (Phi) is 4.10. The van der Waals surface area contributed by atoms with E-state index >= 15 is 0 Å². The molecule has 0 heterocycles. The fourth-order valence-corrected chi connectivity index (χ4v) is 1.35. The van der Waals surface area contributed by atoms with Crippen LogP contribution in [0.3, 0.4) is 0 Å². The van der Waals surface area contributed by atoms with E-state index < -0.39 is 0 Å². The zero-order chi connectivity index (χ0) is 11.3. The lowest BCUT2D eigenvalue weighted by Gasteiger charge is -2.05. The van der Waals surface area contributed by atoms with E-state index in [-0.39, 0.29) is 5.91 Å². The highest BCUT2D eigenvalue weighted by molar-refractivity contribution is 5.78. The molecule has 2 heteroatoms. The molecule has 1 amide bonds. The summed E-state index contributed by atoms with van der Waals surface area (Å²) in [5.41, 5.74) is 3.54. The molecule has 0 aliphatic carbocycles. The predicted molar refractivity (Wildman–Crippen MR) is 62.8 cm³/mol. The molecule has 1 rings (SSSR count). The van der Waals surface area contributed by atoms with Gasteiger partial charge in [-0.15, -0.1) is 6.58 Å². The molecule has 0 saturated heterocycles. The SMILES string of the molecule is C=CCNC(=O)Cc1ccc(C)c(C)c1. The van der Waals surface area contributed by atoms with Crippen LogP contribution in [0.25, 0.3) is 0 Å². The van der Waals surface area contributed by atoms with Crippen molar-refractivity contribution in [1.82, 2.24) is 5.32 Å². The number of hydrogen-bond acceptors (Lipinski definition) is 1. The Morgan fingerprint density at radius 2 is 2.13 bits per heavy atom. The number of amides is 1. The van der Waals surface area contributed by atoms with Crippen LogP contribution in [0.2, 0.25) is 0 Å². The normalized spacial score (nSPS) is 9.73. The van der Waals surface area contributed by atoms with E-state index in [1.165, 1.54) is 11.1 Å². The van der Waals surface area contributed by atoms with Crippen molar-refractivity contribution in [3.63, 3.8) is 0 Å². The van der Waals surface area contributed by atoms with Gasteiger partial charge in [0, 0.05) is 6.54 Å². The van der Waals surface area contributed by atoms with E-state index in [1.807, 2.05) is 12.1 Å². The quantitative estimate of drug-likeness (QED) is 0.746. The van der Waals surface area contributed by atoms with Gasteiger partial charge < -0.3 is 5.32 Å². The zero-order valence-corrected chi connectivity index (χ0v) is 9.34. The molecule has 0 atom stereocenters. The average molecular weight is 203 g/mol. The van der Waals surface area contributed by atoms with Crippen molar-refractivity contribution in [3.8, 4) is 0 Å². The van der Waals surface area contributed by atoms with Crippen molar-refractivity contribution in [2.24, 2.45) is 0 Å². The van der Waals surface area contributed by atoms with Crippen molar-refractivity contribution in [2.75, 3.05) is 6.54 Å². The maximum atomic E-state index is 11.4. The largest absolute Gasteiger partial charge is 0.352 e. The van der Waals surface area contributed by atoms with Crippen LogP contribution in [0, 0.1) is 13.8 Å². The monoisotopic (exact) mass is 203 g/mol. The molecular weight excluding hydrogens is 186 g/mol. The molecule has 1 aromatic carbocycles. The average Bonchev–Trinajstić information content (AvgIpc) is 2.20. The summed E-state index contributed by atoms with van der Waals surface area (Å²) in [7, 11) is 0. The van der Waals surface area contributed by atoms with E-state index in [1.54, 1.807) is 6.08 Å². The summed E-state index contributed by atoms with van der Waals surface area (Å²) in [6, 6.07) is 6.10. The molecule has 0 fully saturated rings. The molecular formula is C13H17NO. The maximum absolute atomic E-state index is 11.4. The minimum absolute atomic E-state index is 0.0400. The molecule has 80 valence electrons. The second-order valence-corrected chi connectivity index (χ2v) is 3.69. The van der Waals surface area contributed by atoms with E-state index in [9.17, 15) is 4.79 Å². The summed E-state index contributed by atoms with van der Waals surface area (Å²) in [6.07, 6.45) is 2.12. The second kappa shape index (κ2) is 5.35. The third-order valence-electron chi connectivity index (χ3n) is 2.38. The van der Waals surface area contributed by atoms with Crippen LogP contribution in [-0.4, -0.2) is 12.5 Å². The Morgan fingerprint density at radius 1 is 1.40 bits per heavy atom. The van der Waals surface area contributed by atoms with Gasteiger partial charge in [-0.2, -0.15) is 0 Å². The molecule has 0 spiro atoms. The van der Waals surface area contributed by atoms with Crippen LogP contribution in [0.15, 0.2) is 30.9 Å². The van der Waals surface area contributed by atoms with Crippen molar-refractivity contribution in [2.45, 2.75) is 20.3 Å². The van der Waals surface area contributed by atoms with Gasteiger partial charge in [0.05, 0.1) is 6.42 Å². The first-order chi connectivity index (χ1) is 7.13. The second-order valence-electron chi connectivity index (χ2n) is 3.69. The fourth-order valence-electron chi connectivity index (χ4n) is 1.35. The summed E-state index contributed by atoms with van der Waals surface area (Å²) < 4.78 is 0. The first kappa shape index (κ1) is 11.5. The van der Waals surface area contributed by atoms with Gasteiger partial charge in [0.2, 0.25) is 5.91 Å². The topological polar surface area (TPSA) is 29.1 Å². The minimum Gasteiger partial charge on any atom is -0.352 e. The number of carbonyl (C=O) groups excluding carboxylic acids is 1.